The highest BCUT2D eigenvalue weighted by molar-refractivity contribution is 6.08. The molecule has 1 aliphatic rings. The summed E-state index contributed by atoms with van der Waals surface area (Å²) in [6.07, 6.45) is 0.627. The minimum atomic E-state index is -0.536. The zero-order valence-electron chi connectivity index (χ0n) is 15.8. The van der Waals surface area contributed by atoms with Gasteiger partial charge in [-0.3, -0.25) is 14.4 Å². The Balaban J connectivity index is 0.000000363. The van der Waals surface area contributed by atoms with Gasteiger partial charge in [0, 0.05) is 12.1 Å². The van der Waals surface area contributed by atoms with Crippen LogP contribution in [0.15, 0.2) is 24.3 Å². The van der Waals surface area contributed by atoms with Crippen molar-refractivity contribution in [3.8, 4) is 0 Å². The summed E-state index contributed by atoms with van der Waals surface area (Å²) in [6.45, 7) is 7.60. The number of amides is 2. The molecule has 1 saturated heterocycles. The van der Waals surface area contributed by atoms with Crippen molar-refractivity contribution in [2.75, 3.05) is 0 Å². The molecule has 0 radical (unpaired) electrons. The van der Waals surface area contributed by atoms with Crippen LogP contribution in [0, 0.1) is 24.1 Å². The van der Waals surface area contributed by atoms with Crippen molar-refractivity contribution in [3.63, 3.8) is 0 Å². The number of carbonyl (C=O) groups excluding carboxylic acids is 3. The maximum Gasteiger partial charge on any atom is 0.226 e. The molecule has 1 atom stereocenters. The van der Waals surface area contributed by atoms with E-state index in [0.717, 1.165) is 5.56 Å². The molecule has 0 aliphatic carbocycles. The predicted molar refractivity (Wildman–Crippen MR) is 99.4 cm³/mol. The van der Waals surface area contributed by atoms with E-state index in [-0.39, 0.29) is 30.0 Å². The van der Waals surface area contributed by atoms with Gasteiger partial charge in [-0.15, -0.1) is 0 Å². The van der Waals surface area contributed by atoms with Crippen LogP contribution in [0.1, 0.15) is 45.6 Å². The number of nitrogens with one attached hydrogen (secondary N) is 2. The molecule has 0 saturated carbocycles. The summed E-state index contributed by atoms with van der Waals surface area (Å²) >= 11 is 0. The number of ketones is 1. The fourth-order valence-corrected chi connectivity index (χ4v) is 1.96. The zero-order valence-corrected chi connectivity index (χ0v) is 15.8. The van der Waals surface area contributed by atoms with Gasteiger partial charge in [0.25, 0.3) is 0 Å². The summed E-state index contributed by atoms with van der Waals surface area (Å²) in [5, 5.41) is 9.70. The van der Waals surface area contributed by atoms with Gasteiger partial charge in [-0.25, -0.2) is 4.39 Å². The second kappa shape index (κ2) is 11.9. The molecule has 2 amide bonds. The van der Waals surface area contributed by atoms with Crippen molar-refractivity contribution in [1.29, 1.82) is 5.41 Å². The average molecular weight is 365 g/mol. The summed E-state index contributed by atoms with van der Waals surface area (Å²) in [6, 6.07) is 6.37. The van der Waals surface area contributed by atoms with Crippen LogP contribution >= 0.6 is 0 Å². The van der Waals surface area contributed by atoms with Crippen LogP contribution in [0.5, 0.6) is 0 Å². The first-order valence-corrected chi connectivity index (χ1v) is 8.40. The van der Waals surface area contributed by atoms with E-state index >= 15 is 0 Å². The van der Waals surface area contributed by atoms with E-state index in [1.54, 1.807) is 12.1 Å². The van der Waals surface area contributed by atoms with Crippen molar-refractivity contribution in [2.45, 2.75) is 53.0 Å². The third-order valence-corrected chi connectivity index (χ3v) is 3.27. The number of Topliss-reactive ketones (excluding diaryl/α,β-unsaturated/α-hetero) is 1. The molecule has 6 nitrogen and oxygen atoms in total. The average Bonchev–Trinajstić information content (AvgIpc) is 2.78. The molecule has 0 aromatic heterocycles. The lowest BCUT2D eigenvalue weighted by molar-refractivity contribution is -0.126. The zero-order chi connectivity index (χ0) is 20.3. The fourth-order valence-electron chi connectivity index (χ4n) is 1.96. The molecule has 1 fully saturated rings. The van der Waals surface area contributed by atoms with Crippen molar-refractivity contribution in [1.82, 2.24) is 5.32 Å². The first-order chi connectivity index (χ1) is 12.0. The summed E-state index contributed by atoms with van der Waals surface area (Å²) in [5.41, 5.74) is 6.39. The molecule has 1 aromatic rings. The number of rotatable bonds is 4. The molecule has 1 unspecified atom stereocenters. The Kier molecular flexibility index (Phi) is 10.7. The summed E-state index contributed by atoms with van der Waals surface area (Å²) in [5.74, 6) is -0.488. The molecule has 26 heavy (non-hydrogen) atoms. The second-order valence-electron chi connectivity index (χ2n) is 6.57. The minimum absolute atomic E-state index is 0.0255. The third-order valence-electron chi connectivity index (χ3n) is 3.27. The van der Waals surface area contributed by atoms with E-state index < -0.39 is 5.91 Å². The smallest absolute Gasteiger partial charge is 0.226 e. The van der Waals surface area contributed by atoms with Gasteiger partial charge < -0.3 is 16.5 Å². The first kappa shape index (κ1) is 23.4. The number of nitrogens with two attached hydrogens (primary N) is 1. The Labute approximate surface area is 153 Å². The standard InChI is InChI=1S/C7H7F.C7H13NO2.C5H8N2O/c1-6-2-4-7(8)5-3-6;1-5(2)3-6(9)4-7(8)10;1-3-4(6)2-5(8)7-3/h2-5H,1H3;5H,3-4H2,1-2H3,(H2,8,10);3,6H,2H2,1H3,(H,7,8). The molecule has 1 heterocycles. The number of aryl methyl sites for hydroxylation is 1. The number of hydrogen-bond acceptors (Lipinski definition) is 4. The maximum absolute atomic E-state index is 12.1. The van der Waals surface area contributed by atoms with Crippen molar-refractivity contribution < 1.29 is 18.8 Å². The molecule has 1 aliphatic heterocycles. The van der Waals surface area contributed by atoms with E-state index in [1.807, 2.05) is 27.7 Å². The maximum atomic E-state index is 12.1. The van der Waals surface area contributed by atoms with Gasteiger partial charge in [-0.1, -0.05) is 31.5 Å². The van der Waals surface area contributed by atoms with E-state index in [0.29, 0.717) is 24.5 Å². The van der Waals surface area contributed by atoms with Crippen LogP contribution in [0.4, 0.5) is 4.39 Å². The van der Waals surface area contributed by atoms with Gasteiger partial charge in [0.2, 0.25) is 11.8 Å². The number of halogens is 1. The van der Waals surface area contributed by atoms with Crippen molar-refractivity contribution in [2.24, 2.45) is 11.7 Å². The Morgan fingerprint density at radius 3 is 2.12 bits per heavy atom. The number of carbonyl (C=O) groups is 3. The SMILES string of the molecule is CC(C)CC(=O)CC(N)=O.CC1NC(=O)CC1=N.Cc1ccc(F)cc1. The molecule has 2 rings (SSSR count). The Morgan fingerprint density at radius 1 is 1.31 bits per heavy atom. The third kappa shape index (κ3) is 11.9. The number of benzene rings is 1. The van der Waals surface area contributed by atoms with Gasteiger partial charge in [0.15, 0.2) is 0 Å². The molecule has 4 N–H and O–H groups in total. The molecule has 0 bridgehead atoms. The highest BCUT2D eigenvalue weighted by Crippen LogP contribution is 2.02. The van der Waals surface area contributed by atoms with Gasteiger partial charge in [-0.2, -0.15) is 0 Å². The molecule has 0 spiro atoms. The Morgan fingerprint density at radius 2 is 1.85 bits per heavy atom. The molecule has 144 valence electrons. The number of primary amides is 1. The summed E-state index contributed by atoms with van der Waals surface area (Å²) in [4.78, 5) is 31.4. The van der Waals surface area contributed by atoms with Gasteiger partial charge in [0.05, 0.1) is 18.9 Å². The minimum Gasteiger partial charge on any atom is -0.369 e. The quantitative estimate of drug-likeness (QED) is 0.712. The molecule has 1 aromatic carbocycles. The lowest BCUT2D eigenvalue weighted by Gasteiger charge is -1.99. The summed E-state index contributed by atoms with van der Waals surface area (Å²) < 4.78 is 12.1. The fraction of sp³-hybridized carbons (Fsp3) is 0.474. The van der Waals surface area contributed by atoms with Gasteiger partial charge in [-0.05, 0) is 31.9 Å². The van der Waals surface area contributed by atoms with Crippen LogP contribution in [0.2, 0.25) is 0 Å². The monoisotopic (exact) mass is 365 g/mol. The van der Waals surface area contributed by atoms with Crippen LogP contribution in [0.25, 0.3) is 0 Å². The van der Waals surface area contributed by atoms with E-state index in [9.17, 15) is 18.8 Å². The topological polar surface area (TPSA) is 113 Å². The van der Waals surface area contributed by atoms with Crippen LogP contribution in [-0.2, 0) is 14.4 Å². The van der Waals surface area contributed by atoms with Crippen LogP contribution in [-0.4, -0.2) is 29.4 Å². The lowest BCUT2D eigenvalue weighted by atomic mass is 10.1. The van der Waals surface area contributed by atoms with Crippen LogP contribution in [0.3, 0.4) is 0 Å². The van der Waals surface area contributed by atoms with Gasteiger partial charge in [0.1, 0.15) is 11.6 Å². The predicted octanol–water partition coefficient (Wildman–Crippen LogP) is 2.53. The van der Waals surface area contributed by atoms with E-state index in [1.165, 1.54) is 12.1 Å². The Bertz CT molecular complexity index is 606. The molecular weight excluding hydrogens is 337 g/mol. The highest BCUT2D eigenvalue weighted by Gasteiger charge is 2.21. The van der Waals surface area contributed by atoms with Crippen molar-refractivity contribution in [3.05, 3.63) is 35.6 Å². The van der Waals surface area contributed by atoms with Gasteiger partial charge >= 0.3 is 0 Å². The highest BCUT2D eigenvalue weighted by atomic mass is 19.1. The van der Waals surface area contributed by atoms with E-state index in [2.05, 4.69) is 5.32 Å². The van der Waals surface area contributed by atoms with E-state index in [4.69, 9.17) is 11.1 Å². The normalized spacial score (nSPS) is 15.4. The first-order valence-electron chi connectivity index (χ1n) is 8.40. The van der Waals surface area contributed by atoms with Crippen molar-refractivity contribution >= 4 is 23.3 Å². The largest absolute Gasteiger partial charge is 0.369 e. The molecule has 7 heteroatoms. The van der Waals surface area contributed by atoms with Crippen LogP contribution < -0.4 is 11.1 Å². The second-order valence-corrected chi connectivity index (χ2v) is 6.57. The lowest BCUT2D eigenvalue weighted by Crippen LogP contribution is -2.24. The Hall–Kier alpha value is -2.57. The molecular formula is C19H28FN3O3. The summed E-state index contributed by atoms with van der Waals surface area (Å²) in [7, 11) is 0. The number of hydrogen-bond donors (Lipinski definition) is 3.